The lowest BCUT2D eigenvalue weighted by Crippen LogP contribution is -2.14. The van der Waals surface area contributed by atoms with E-state index in [-0.39, 0.29) is 12.2 Å². The van der Waals surface area contributed by atoms with Crippen LogP contribution in [0.25, 0.3) is 0 Å². The fourth-order valence-corrected chi connectivity index (χ4v) is 2.52. The van der Waals surface area contributed by atoms with Gasteiger partial charge in [0, 0.05) is 5.56 Å². The second kappa shape index (κ2) is 7.81. The van der Waals surface area contributed by atoms with Crippen molar-refractivity contribution in [2.45, 2.75) is 33.8 Å². The highest BCUT2D eigenvalue weighted by molar-refractivity contribution is 5.85. The quantitative estimate of drug-likeness (QED) is 0.859. The van der Waals surface area contributed by atoms with Gasteiger partial charge in [0.2, 0.25) is 0 Å². The van der Waals surface area contributed by atoms with Crippen LogP contribution >= 0.6 is 0 Å². The summed E-state index contributed by atoms with van der Waals surface area (Å²) in [6.07, 6.45) is 0.300. The molecule has 24 heavy (non-hydrogen) atoms. The molecule has 128 valence electrons. The molecule has 0 bridgehead atoms. The minimum Gasteiger partial charge on any atom is -0.488 e. The number of anilines is 1. The molecule has 0 spiro atoms. The molecule has 4 nitrogen and oxygen atoms in total. The summed E-state index contributed by atoms with van der Waals surface area (Å²) in [6, 6.07) is 8.51. The summed E-state index contributed by atoms with van der Waals surface area (Å²) < 4.78 is 24.5. The van der Waals surface area contributed by atoms with E-state index in [1.54, 1.807) is 6.07 Å². The highest BCUT2D eigenvalue weighted by atomic mass is 19.1. The number of nitrogens with one attached hydrogen (secondary N) is 1. The van der Waals surface area contributed by atoms with Gasteiger partial charge in [0.05, 0.1) is 12.8 Å². The zero-order valence-corrected chi connectivity index (χ0v) is 14.4. The Balaban J connectivity index is 2.23. The molecule has 2 rings (SSSR count). The van der Waals surface area contributed by atoms with Crippen LogP contribution in [0, 0.1) is 19.7 Å². The van der Waals surface area contributed by atoms with Crippen molar-refractivity contribution in [3.8, 4) is 5.75 Å². The molecule has 1 amide bonds. The van der Waals surface area contributed by atoms with E-state index < -0.39 is 11.9 Å². The Kier molecular flexibility index (Phi) is 5.79. The van der Waals surface area contributed by atoms with Gasteiger partial charge in [-0.15, -0.1) is 0 Å². The van der Waals surface area contributed by atoms with Gasteiger partial charge in [-0.1, -0.05) is 19.1 Å². The van der Waals surface area contributed by atoms with Gasteiger partial charge in [0.25, 0.3) is 0 Å². The second-order valence-electron chi connectivity index (χ2n) is 5.57. The normalized spacial score (nSPS) is 10.4. The zero-order valence-electron chi connectivity index (χ0n) is 14.4. The largest absolute Gasteiger partial charge is 0.488 e. The predicted molar refractivity (Wildman–Crippen MR) is 92.1 cm³/mol. The molecule has 0 radical (unpaired) electrons. The molecule has 0 aliphatic heterocycles. The molecule has 0 aliphatic rings. The first-order chi connectivity index (χ1) is 11.5. The van der Waals surface area contributed by atoms with E-state index in [1.807, 2.05) is 19.9 Å². The number of rotatable bonds is 5. The Morgan fingerprint density at radius 1 is 1.21 bits per heavy atom. The van der Waals surface area contributed by atoms with E-state index in [4.69, 9.17) is 4.74 Å². The van der Waals surface area contributed by atoms with Crippen LogP contribution in [0.2, 0.25) is 0 Å². The molecule has 0 heterocycles. The molecule has 0 aromatic heterocycles. The fraction of sp³-hybridized carbons (Fsp3) is 0.316. The molecule has 0 atom stereocenters. The minimum absolute atomic E-state index is 0.0117. The highest BCUT2D eigenvalue weighted by Gasteiger charge is 2.13. The Morgan fingerprint density at radius 2 is 1.96 bits per heavy atom. The van der Waals surface area contributed by atoms with Gasteiger partial charge in [0.1, 0.15) is 18.2 Å². The van der Waals surface area contributed by atoms with Crippen LogP contribution in [-0.2, 0) is 17.8 Å². The third kappa shape index (κ3) is 4.04. The van der Waals surface area contributed by atoms with Gasteiger partial charge < -0.3 is 9.47 Å². The van der Waals surface area contributed by atoms with Crippen molar-refractivity contribution >= 4 is 11.8 Å². The maximum absolute atomic E-state index is 14.1. The zero-order chi connectivity index (χ0) is 17.7. The number of halogens is 1. The molecule has 0 saturated heterocycles. The number of methoxy groups -OCH3 is 1. The van der Waals surface area contributed by atoms with Gasteiger partial charge in [-0.25, -0.2) is 9.18 Å². The van der Waals surface area contributed by atoms with E-state index in [0.29, 0.717) is 11.4 Å². The summed E-state index contributed by atoms with van der Waals surface area (Å²) in [4.78, 5) is 11.4. The number of amides is 1. The smallest absolute Gasteiger partial charge is 0.411 e. The summed E-state index contributed by atoms with van der Waals surface area (Å²) in [5.41, 5.74) is 4.01. The van der Waals surface area contributed by atoms with Crippen LogP contribution in [0.5, 0.6) is 5.75 Å². The number of hydrogen-bond acceptors (Lipinski definition) is 3. The summed E-state index contributed by atoms with van der Waals surface area (Å²) >= 11 is 0. The van der Waals surface area contributed by atoms with Gasteiger partial charge in [0.15, 0.2) is 0 Å². The number of ether oxygens (including phenoxy) is 2. The van der Waals surface area contributed by atoms with Crippen LogP contribution in [0.15, 0.2) is 30.3 Å². The summed E-state index contributed by atoms with van der Waals surface area (Å²) in [5.74, 6) is 0.264. The van der Waals surface area contributed by atoms with Crippen molar-refractivity contribution in [3.05, 3.63) is 58.4 Å². The van der Waals surface area contributed by atoms with Crippen molar-refractivity contribution in [2.24, 2.45) is 0 Å². The van der Waals surface area contributed by atoms with Crippen molar-refractivity contribution in [2.75, 3.05) is 12.4 Å². The van der Waals surface area contributed by atoms with Crippen molar-refractivity contribution in [3.63, 3.8) is 0 Å². The van der Waals surface area contributed by atoms with Gasteiger partial charge in [-0.3, -0.25) is 5.32 Å². The summed E-state index contributed by atoms with van der Waals surface area (Å²) in [7, 11) is 1.26. The molecule has 0 aliphatic carbocycles. The van der Waals surface area contributed by atoms with Crippen LogP contribution in [-0.4, -0.2) is 13.2 Å². The topological polar surface area (TPSA) is 47.6 Å². The van der Waals surface area contributed by atoms with E-state index in [0.717, 1.165) is 17.5 Å². The lowest BCUT2D eigenvalue weighted by atomic mass is 10.0. The van der Waals surface area contributed by atoms with Gasteiger partial charge in [-0.05, 0) is 55.2 Å². The molecule has 0 saturated carbocycles. The summed E-state index contributed by atoms with van der Waals surface area (Å²) in [6.45, 7) is 6.10. The van der Waals surface area contributed by atoms with Crippen LogP contribution in [0.3, 0.4) is 0 Å². The molecule has 5 heteroatoms. The molecule has 2 aromatic carbocycles. The third-order valence-electron chi connectivity index (χ3n) is 3.93. The standard InChI is InChI=1S/C19H22FNO3/c1-5-14-9-13(3)18(10-12(14)2)24-11-15-16(20)7-6-8-17(15)21-19(22)23-4/h6-10H,5,11H2,1-4H3,(H,21,22). The molecule has 0 unspecified atom stereocenters. The van der Waals surface area contributed by atoms with Gasteiger partial charge in [-0.2, -0.15) is 0 Å². The Hall–Kier alpha value is -2.56. The number of benzene rings is 2. The summed E-state index contributed by atoms with van der Waals surface area (Å²) in [5, 5.41) is 2.50. The van der Waals surface area contributed by atoms with Gasteiger partial charge >= 0.3 is 6.09 Å². The first kappa shape index (κ1) is 17.8. The lowest BCUT2D eigenvalue weighted by molar-refractivity contribution is 0.187. The maximum Gasteiger partial charge on any atom is 0.411 e. The Morgan fingerprint density at radius 3 is 2.62 bits per heavy atom. The monoisotopic (exact) mass is 331 g/mol. The first-order valence-electron chi connectivity index (χ1n) is 7.81. The predicted octanol–water partition coefficient (Wildman–Crippen LogP) is 4.76. The minimum atomic E-state index is -0.652. The average molecular weight is 331 g/mol. The van der Waals surface area contributed by atoms with Crippen molar-refractivity contribution in [1.82, 2.24) is 0 Å². The number of hydrogen-bond donors (Lipinski definition) is 1. The highest BCUT2D eigenvalue weighted by Crippen LogP contribution is 2.26. The Labute approximate surface area is 141 Å². The molecular formula is C19H22FNO3. The SMILES string of the molecule is CCc1cc(C)c(OCc2c(F)cccc2NC(=O)OC)cc1C. The Bertz CT molecular complexity index is 744. The van der Waals surface area contributed by atoms with Crippen LogP contribution in [0.4, 0.5) is 14.9 Å². The van der Waals surface area contributed by atoms with E-state index in [1.165, 1.54) is 24.8 Å². The number of carbonyl (C=O) groups excluding carboxylic acids is 1. The average Bonchev–Trinajstić information content (AvgIpc) is 2.56. The van der Waals surface area contributed by atoms with Crippen LogP contribution < -0.4 is 10.1 Å². The fourth-order valence-electron chi connectivity index (χ4n) is 2.52. The first-order valence-corrected chi connectivity index (χ1v) is 7.81. The van der Waals surface area contributed by atoms with E-state index in [2.05, 4.69) is 23.0 Å². The molecular weight excluding hydrogens is 309 g/mol. The number of carbonyl (C=O) groups is 1. The molecule has 1 N–H and O–H groups in total. The second-order valence-corrected chi connectivity index (χ2v) is 5.57. The molecule has 2 aromatic rings. The van der Waals surface area contributed by atoms with Crippen molar-refractivity contribution in [1.29, 1.82) is 0 Å². The number of aryl methyl sites for hydroxylation is 3. The van der Waals surface area contributed by atoms with Crippen molar-refractivity contribution < 1.29 is 18.7 Å². The van der Waals surface area contributed by atoms with E-state index >= 15 is 0 Å². The molecule has 0 fully saturated rings. The lowest BCUT2D eigenvalue weighted by Gasteiger charge is -2.15. The third-order valence-corrected chi connectivity index (χ3v) is 3.93. The maximum atomic E-state index is 14.1. The van der Waals surface area contributed by atoms with Crippen LogP contribution in [0.1, 0.15) is 29.2 Å². The van der Waals surface area contributed by atoms with E-state index in [9.17, 15) is 9.18 Å².